The molecule has 0 aliphatic rings. The molecule has 0 aliphatic carbocycles. The van der Waals surface area contributed by atoms with Gasteiger partial charge in [0.15, 0.2) is 0 Å². The van der Waals surface area contributed by atoms with Crippen molar-refractivity contribution < 1.29 is 19.4 Å². The predicted molar refractivity (Wildman–Crippen MR) is 68.3 cm³/mol. The summed E-state index contributed by atoms with van der Waals surface area (Å²) < 4.78 is 4.91. The normalized spacial score (nSPS) is 14.1. The smallest absolute Gasteiger partial charge is 0.324 e. The van der Waals surface area contributed by atoms with E-state index in [0.29, 0.717) is 12.4 Å². The van der Waals surface area contributed by atoms with Crippen LogP contribution in [0.25, 0.3) is 0 Å². The van der Waals surface area contributed by atoms with Gasteiger partial charge in [-0.15, -0.1) is 0 Å². The molecule has 0 bridgehead atoms. The van der Waals surface area contributed by atoms with Gasteiger partial charge < -0.3 is 9.84 Å². The fourth-order valence-corrected chi connectivity index (χ4v) is 2.07. The van der Waals surface area contributed by atoms with Crippen molar-refractivity contribution in [1.29, 1.82) is 0 Å². The highest BCUT2D eigenvalue weighted by molar-refractivity contribution is 7.99. The molecular formula is C11H21NO4S. The third kappa shape index (κ3) is 7.23. The van der Waals surface area contributed by atoms with E-state index in [4.69, 9.17) is 9.84 Å². The second kappa shape index (κ2) is 9.30. The second-order valence-electron chi connectivity index (χ2n) is 3.61. The van der Waals surface area contributed by atoms with Gasteiger partial charge in [-0.3, -0.25) is 14.9 Å². The minimum absolute atomic E-state index is 0.302. The highest BCUT2D eigenvalue weighted by Crippen LogP contribution is 2.07. The number of nitrogens with one attached hydrogen (secondary N) is 1. The summed E-state index contributed by atoms with van der Waals surface area (Å²) in [6, 6.07) is -1.32. The molecule has 2 atom stereocenters. The first-order valence-corrected chi connectivity index (χ1v) is 6.91. The number of hydrogen-bond acceptors (Lipinski definition) is 5. The van der Waals surface area contributed by atoms with Crippen LogP contribution in [0, 0.1) is 0 Å². The first kappa shape index (κ1) is 16.2. The molecule has 0 saturated carbocycles. The molecule has 0 amide bonds. The van der Waals surface area contributed by atoms with Gasteiger partial charge in [0.05, 0.1) is 6.61 Å². The number of carboxylic acid groups (broad SMARTS) is 1. The number of aliphatic carboxylic acids is 1. The Morgan fingerprint density at radius 1 is 1.41 bits per heavy atom. The first-order valence-electron chi connectivity index (χ1n) is 5.76. The van der Waals surface area contributed by atoms with E-state index in [1.54, 1.807) is 18.7 Å². The Labute approximate surface area is 106 Å². The maximum atomic E-state index is 11.6. The summed E-state index contributed by atoms with van der Waals surface area (Å²) in [6.45, 7) is 5.60. The van der Waals surface area contributed by atoms with Crippen molar-refractivity contribution in [2.24, 2.45) is 0 Å². The first-order chi connectivity index (χ1) is 8.02. The molecule has 2 N–H and O–H groups in total. The Morgan fingerprint density at radius 3 is 2.53 bits per heavy atom. The third-order valence-electron chi connectivity index (χ3n) is 2.03. The topological polar surface area (TPSA) is 75.6 Å². The lowest BCUT2D eigenvalue weighted by atomic mass is 10.2. The van der Waals surface area contributed by atoms with E-state index in [1.165, 1.54) is 6.92 Å². The zero-order valence-electron chi connectivity index (χ0n) is 10.6. The van der Waals surface area contributed by atoms with Crippen LogP contribution in [0.3, 0.4) is 0 Å². The zero-order chi connectivity index (χ0) is 13.3. The van der Waals surface area contributed by atoms with E-state index in [9.17, 15) is 9.59 Å². The van der Waals surface area contributed by atoms with Gasteiger partial charge >= 0.3 is 11.9 Å². The molecular weight excluding hydrogens is 242 g/mol. The zero-order valence-corrected chi connectivity index (χ0v) is 11.4. The van der Waals surface area contributed by atoms with Crippen molar-refractivity contribution in [2.75, 3.05) is 18.1 Å². The summed E-state index contributed by atoms with van der Waals surface area (Å²) in [5.74, 6) is 0.118. The summed E-state index contributed by atoms with van der Waals surface area (Å²) in [4.78, 5) is 22.3. The van der Waals surface area contributed by atoms with Crippen LogP contribution in [0.15, 0.2) is 0 Å². The van der Waals surface area contributed by atoms with Gasteiger partial charge in [0.25, 0.3) is 0 Å². The van der Waals surface area contributed by atoms with E-state index in [-0.39, 0.29) is 5.97 Å². The average molecular weight is 263 g/mol. The number of ether oxygens (including phenoxy) is 1. The lowest BCUT2D eigenvalue weighted by Gasteiger charge is -2.19. The quantitative estimate of drug-likeness (QED) is 0.479. The van der Waals surface area contributed by atoms with Gasteiger partial charge in [-0.1, -0.05) is 6.92 Å². The standard InChI is InChI=1S/C11H21NO4S/c1-4-6-17-7-9(11(15)16-5-2)12-8(3)10(13)14/h8-9,12H,4-7H2,1-3H3,(H,13,14)/t8-,9-/m0/s1. The van der Waals surface area contributed by atoms with Crippen molar-refractivity contribution in [1.82, 2.24) is 5.32 Å². The van der Waals surface area contributed by atoms with Crippen molar-refractivity contribution in [3.8, 4) is 0 Å². The van der Waals surface area contributed by atoms with Crippen molar-refractivity contribution in [3.05, 3.63) is 0 Å². The lowest BCUT2D eigenvalue weighted by Crippen LogP contribution is -2.47. The second-order valence-corrected chi connectivity index (χ2v) is 4.76. The molecule has 5 nitrogen and oxygen atoms in total. The molecule has 0 aromatic carbocycles. The van der Waals surface area contributed by atoms with Gasteiger partial charge in [0, 0.05) is 5.75 Å². The van der Waals surface area contributed by atoms with Gasteiger partial charge in [0.1, 0.15) is 12.1 Å². The Hall–Kier alpha value is -0.750. The molecule has 0 unspecified atom stereocenters. The van der Waals surface area contributed by atoms with Crippen LogP contribution in [0.2, 0.25) is 0 Å². The SMILES string of the molecule is CCCSC[C@H](N[C@@H](C)C(=O)O)C(=O)OCC. The molecule has 0 aromatic heterocycles. The minimum Gasteiger partial charge on any atom is -0.480 e. The summed E-state index contributed by atoms with van der Waals surface area (Å²) in [6.07, 6.45) is 1.02. The number of thioether (sulfide) groups is 1. The number of hydrogen-bond donors (Lipinski definition) is 2. The summed E-state index contributed by atoms with van der Waals surface area (Å²) in [5.41, 5.74) is 0. The van der Waals surface area contributed by atoms with E-state index >= 15 is 0 Å². The van der Waals surface area contributed by atoms with Gasteiger partial charge in [-0.2, -0.15) is 11.8 Å². The number of esters is 1. The number of carbonyl (C=O) groups is 2. The van der Waals surface area contributed by atoms with Crippen LogP contribution >= 0.6 is 11.8 Å². The van der Waals surface area contributed by atoms with Crippen molar-refractivity contribution in [2.45, 2.75) is 39.3 Å². The Balaban J connectivity index is 4.28. The van der Waals surface area contributed by atoms with Crippen molar-refractivity contribution >= 4 is 23.7 Å². The van der Waals surface area contributed by atoms with E-state index in [1.807, 2.05) is 0 Å². The lowest BCUT2D eigenvalue weighted by molar-refractivity contribution is -0.146. The fraction of sp³-hybridized carbons (Fsp3) is 0.818. The Kier molecular flexibility index (Phi) is 8.89. The molecule has 17 heavy (non-hydrogen) atoms. The molecule has 0 aromatic rings. The highest BCUT2D eigenvalue weighted by Gasteiger charge is 2.24. The molecule has 0 fully saturated rings. The van der Waals surface area contributed by atoms with Gasteiger partial charge in [-0.25, -0.2) is 0 Å². The fourth-order valence-electron chi connectivity index (χ4n) is 1.15. The van der Waals surface area contributed by atoms with Gasteiger partial charge in [0.2, 0.25) is 0 Å². The molecule has 0 radical (unpaired) electrons. The maximum absolute atomic E-state index is 11.6. The van der Waals surface area contributed by atoms with Crippen LogP contribution in [0.4, 0.5) is 0 Å². The van der Waals surface area contributed by atoms with Crippen LogP contribution in [-0.2, 0) is 14.3 Å². The molecule has 0 heterocycles. The predicted octanol–water partition coefficient (Wildman–Crippen LogP) is 1.12. The summed E-state index contributed by atoms with van der Waals surface area (Å²) in [7, 11) is 0. The monoisotopic (exact) mass is 263 g/mol. The number of carbonyl (C=O) groups excluding carboxylic acids is 1. The van der Waals surface area contributed by atoms with Crippen LogP contribution in [-0.4, -0.2) is 47.2 Å². The molecule has 0 rings (SSSR count). The Bertz CT molecular complexity index is 248. The van der Waals surface area contributed by atoms with Crippen LogP contribution in [0.1, 0.15) is 27.2 Å². The average Bonchev–Trinajstić information content (AvgIpc) is 2.27. The minimum atomic E-state index is -0.972. The third-order valence-corrected chi connectivity index (χ3v) is 3.29. The molecule has 100 valence electrons. The van der Waals surface area contributed by atoms with Crippen molar-refractivity contribution in [3.63, 3.8) is 0 Å². The molecule has 0 saturated heterocycles. The number of rotatable bonds is 9. The summed E-state index contributed by atoms with van der Waals surface area (Å²) in [5, 5.41) is 11.6. The maximum Gasteiger partial charge on any atom is 0.324 e. The molecule has 0 aliphatic heterocycles. The Morgan fingerprint density at radius 2 is 2.06 bits per heavy atom. The largest absolute Gasteiger partial charge is 0.480 e. The van der Waals surface area contributed by atoms with E-state index in [2.05, 4.69) is 12.2 Å². The van der Waals surface area contributed by atoms with Gasteiger partial charge in [-0.05, 0) is 26.0 Å². The summed E-state index contributed by atoms with van der Waals surface area (Å²) >= 11 is 1.61. The van der Waals surface area contributed by atoms with E-state index in [0.717, 1.165) is 12.2 Å². The molecule has 6 heteroatoms. The van der Waals surface area contributed by atoms with E-state index < -0.39 is 18.1 Å². The molecule has 0 spiro atoms. The number of carboxylic acids is 1. The van der Waals surface area contributed by atoms with Crippen LogP contribution < -0.4 is 5.32 Å². The highest BCUT2D eigenvalue weighted by atomic mass is 32.2. The van der Waals surface area contributed by atoms with Crippen LogP contribution in [0.5, 0.6) is 0 Å².